The minimum absolute atomic E-state index is 0.0870. The Bertz CT molecular complexity index is 505. The van der Waals surface area contributed by atoms with Gasteiger partial charge in [0.1, 0.15) is 0 Å². The van der Waals surface area contributed by atoms with Gasteiger partial charge in [-0.1, -0.05) is 6.08 Å². The van der Waals surface area contributed by atoms with E-state index in [9.17, 15) is 15.2 Å². The molecule has 0 aromatic heterocycles. The molecule has 0 bridgehead atoms. The molecule has 0 unspecified atom stereocenters. The van der Waals surface area contributed by atoms with Gasteiger partial charge in [-0.25, -0.2) is 0 Å². The van der Waals surface area contributed by atoms with E-state index >= 15 is 0 Å². The fraction of sp³-hybridized carbons (Fsp3) is 0.182. The molecule has 3 N–H and O–H groups in total. The van der Waals surface area contributed by atoms with Gasteiger partial charge in [0.15, 0.2) is 5.75 Å². The summed E-state index contributed by atoms with van der Waals surface area (Å²) in [6.07, 6.45) is 1.88. The summed E-state index contributed by atoms with van der Waals surface area (Å²) in [7, 11) is 0. The van der Waals surface area contributed by atoms with E-state index in [-0.39, 0.29) is 11.1 Å². The highest BCUT2D eigenvalue weighted by molar-refractivity contribution is 5.57. The second-order valence-electron chi connectivity index (χ2n) is 3.43. The largest absolute Gasteiger partial charge is 0.502 e. The first kappa shape index (κ1) is 12.7. The number of nitrogens with zero attached hydrogens (tertiary/aromatic N) is 2. The number of hydrogen-bond acceptors (Lipinski definition) is 5. The van der Waals surface area contributed by atoms with Crippen LogP contribution < -0.4 is 5.73 Å². The van der Waals surface area contributed by atoms with Crippen LogP contribution in [-0.2, 0) is 0 Å². The van der Waals surface area contributed by atoms with Crippen molar-refractivity contribution < 1.29 is 10.0 Å². The Hall–Kier alpha value is -2.39. The minimum Gasteiger partial charge on any atom is -0.502 e. The molecule has 0 saturated heterocycles. The van der Waals surface area contributed by atoms with Gasteiger partial charge in [0, 0.05) is 17.7 Å². The highest BCUT2D eigenvalue weighted by atomic mass is 16.6. The van der Waals surface area contributed by atoms with Gasteiger partial charge in [0.25, 0.3) is 0 Å². The molecule has 6 nitrogen and oxygen atoms in total. The maximum absolute atomic E-state index is 10.7. The van der Waals surface area contributed by atoms with Crippen molar-refractivity contribution in [1.82, 2.24) is 0 Å². The monoisotopic (exact) mass is 233 g/mol. The number of hydrogen-bond donors (Lipinski definition) is 2. The van der Waals surface area contributed by atoms with Crippen LogP contribution in [0.1, 0.15) is 23.6 Å². The molecule has 0 heterocycles. The average Bonchev–Trinajstić information content (AvgIpc) is 2.29. The van der Waals surface area contributed by atoms with Crippen LogP contribution in [0.3, 0.4) is 0 Å². The molecule has 0 saturated carbocycles. The van der Waals surface area contributed by atoms with Crippen LogP contribution in [0.5, 0.6) is 5.75 Å². The maximum Gasteiger partial charge on any atom is 0.312 e. The molecule has 0 aliphatic carbocycles. The first-order valence-electron chi connectivity index (χ1n) is 4.79. The van der Waals surface area contributed by atoms with Crippen molar-refractivity contribution in [1.29, 1.82) is 5.26 Å². The van der Waals surface area contributed by atoms with Gasteiger partial charge in [-0.05, 0) is 12.5 Å². The van der Waals surface area contributed by atoms with E-state index in [1.807, 2.05) is 0 Å². The van der Waals surface area contributed by atoms with Crippen molar-refractivity contribution in [3.8, 4) is 11.8 Å². The smallest absolute Gasteiger partial charge is 0.312 e. The molecular weight excluding hydrogens is 222 g/mol. The van der Waals surface area contributed by atoms with Crippen LogP contribution in [0.15, 0.2) is 24.8 Å². The molecule has 1 atom stereocenters. The molecule has 1 rings (SSSR count). The van der Waals surface area contributed by atoms with Gasteiger partial charge in [0.2, 0.25) is 0 Å². The lowest BCUT2D eigenvalue weighted by atomic mass is 10.00. The fourth-order valence-electron chi connectivity index (χ4n) is 1.43. The van der Waals surface area contributed by atoms with Crippen molar-refractivity contribution >= 4 is 5.69 Å². The van der Waals surface area contributed by atoms with Crippen LogP contribution in [0.4, 0.5) is 5.69 Å². The lowest BCUT2D eigenvalue weighted by Crippen LogP contribution is -2.10. The standard InChI is InChI=1S/C11H11N3O3/c1-2-3-9(13)8-4-7(6-12)5-10(11(8)15)14(16)17/h2,4-5,9,15H,1,3,13H2/t9-/m1/s1. The molecule has 0 radical (unpaired) electrons. The second kappa shape index (κ2) is 5.09. The fourth-order valence-corrected chi connectivity index (χ4v) is 1.43. The summed E-state index contributed by atoms with van der Waals surface area (Å²) < 4.78 is 0. The molecule has 0 spiro atoms. The molecule has 17 heavy (non-hydrogen) atoms. The van der Waals surface area contributed by atoms with Gasteiger partial charge < -0.3 is 10.8 Å². The summed E-state index contributed by atoms with van der Waals surface area (Å²) in [6, 6.07) is 3.52. The van der Waals surface area contributed by atoms with Crippen molar-refractivity contribution in [3.05, 3.63) is 46.0 Å². The Morgan fingerprint density at radius 3 is 2.82 bits per heavy atom. The summed E-state index contributed by atoms with van der Waals surface area (Å²) in [6.45, 7) is 3.50. The molecule has 6 heteroatoms. The number of phenolic OH excluding ortho intramolecular Hbond substituents is 1. The Morgan fingerprint density at radius 1 is 1.71 bits per heavy atom. The van der Waals surface area contributed by atoms with E-state index in [4.69, 9.17) is 11.0 Å². The van der Waals surface area contributed by atoms with Crippen LogP contribution in [0.25, 0.3) is 0 Å². The topological polar surface area (TPSA) is 113 Å². The Kier molecular flexibility index (Phi) is 3.80. The first-order valence-corrected chi connectivity index (χ1v) is 4.79. The molecule has 0 amide bonds. The summed E-state index contributed by atoms with van der Waals surface area (Å²) in [4.78, 5) is 9.95. The zero-order valence-corrected chi connectivity index (χ0v) is 8.96. The van der Waals surface area contributed by atoms with E-state index in [1.54, 1.807) is 6.07 Å². The minimum atomic E-state index is -0.750. The highest BCUT2D eigenvalue weighted by Crippen LogP contribution is 2.35. The third-order valence-corrected chi connectivity index (χ3v) is 2.27. The van der Waals surface area contributed by atoms with E-state index < -0.39 is 22.4 Å². The first-order chi connectivity index (χ1) is 8.01. The molecule has 1 aromatic rings. The van der Waals surface area contributed by atoms with Crippen molar-refractivity contribution in [2.24, 2.45) is 5.73 Å². The third kappa shape index (κ3) is 2.59. The second-order valence-corrected chi connectivity index (χ2v) is 3.43. The Balaban J connectivity index is 3.39. The molecule has 88 valence electrons. The zero-order chi connectivity index (χ0) is 13.0. The number of rotatable bonds is 4. The van der Waals surface area contributed by atoms with E-state index in [0.717, 1.165) is 6.07 Å². The number of phenols is 1. The summed E-state index contributed by atoms with van der Waals surface area (Å²) in [5.74, 6) is -0.497. The van der Waals surface area contributed by atoms with Crippen molar-refractivity contribution in [2.45, 2.75) is 12.5 Å². The van der Waals surface area contributed by atoms with Gasteiger partial charge in [0.05, 0.1) is 16.6 Å². The van der Waals surface area contributed by atoms with E-state index in [2.05, 4.69) is 6.58 Å². The van der Waals surface area contributed by atoms with E-state index in [0.29, 0.717) is 6.42 Å². The van der Waals surface area contributed by atoms with Crippen LogP contribution >= 0.6 is 0 Å². The quantitative estimate of drug-likeness (QED) is 0.467. The molecule has 0 aliphatic rings. The number of nitro benzene ring substituents is 1. The van der Waals surface area contributed by atoms with Crippen LogP contribution in [0.2, 0.25) is 0 Å². The predicted octanol–water partition coefficient (Wildman–Crippen LogP) is 1.75. The summed E-state index contributed by atoms with van der Waals surface area (Å²) in [5.41, 5.74) is 5.48. The molecule has 0 fully saturated rings. The molecule has 1 aromatic carbocycles. The zero-order valence-electron chi connectivity index (χ0n) is 8.96. The van der Waals surface area contributed by atoms with Gasteiger partial charge in [-0.3, -0.25) is 10.1 Å². The van der Waals surface area contributed by atoms with Crippen molar-refractivity contribution in [2.75, 3.05) is 0 Å². The Morgan fingerprint density at radius 2 is 2.35 bits per heavy atom. The van der Waals surface area contributed by atoms with Gasteiger partial charge in [-0.2, -0.15) is 5.26 Å². The van der Waals surface area contributed by atoms with Gasteiger partial charge in [-0.15, -0.1) is 6.58 Å². The number of nitro groups is 1. The SMILES string of the molecule is C=CC[C@@H](N)c1cc(C#N)cc([N+](=O)[O-])c1O. The third-order valence-electron chi connectivity index (χ3n) is 2.27. The lowest BCUT2D eigenvalue weighted by molar-refractivity contribution is -0.386. The van der Waals surface area contributed by atoms with Crippen LogP contribution in [0, 0.1) is 21.4 Å². The predicted molar refractivity (Wildman–Crippen MR) is 61.2 cm³/mol. The lowest BCUT2D eigenvalue weighted by Gasteiger charge is -2.11. The molecule has 0 aliphatic heterocycles. The van der Waals surface area contributed by atoms with Crippen molar-refractivity contribution in [3.63, 3.8) is 0 Å². The summed E-state index contributed by atoms with van der Waals surface area (Å²) in [5, 5.41) is 29.2. The number of aromatic hydroxyl groups is 1. The summed E-state index contributed by atoms with van der Waals surface area (Å²) >= 11 is 0. The van der Waals surface area contributed by atoms with E-state index in [1.165, 1.54) is 12.1 Å². The normalized spacial score (nSPS) is 11.5. The Labute approximate surface area is 97.7 Å². The number of benzene rings is 1. The molecular formula is C11H11N3O3. The van der Waals surface area contributed by atoms with Gasteiger partial charge >= 0.3 is 5.69 Å². The number of nitriles is 1. The highest BCUT2D eigenvalue weighted by Gasteiger charge is 2.22. The maximum atomic E-state index is 10.7. The average molecular weight is 233 g/mol. The van der Waals surface area contributed by atoms with Crippen LogP contribution in [-0.4, -0.2) is 10.0 Å². The number of nitrogens with two attached hydrogens (primary N) is 1.